The van der Waals surface area contributed by atoms with Crippen molar-refractivity contribution in [3.63, 3.8) is 0 Å². The number of nitrogens with zero attached hydrogens (tertiary/aromatic N) is 1. The summed E-state index contributed by atoms with van der Waals surface area (Å²) in [6.07, 6.45) is 2.47. The van der Waals surface area contributed by atoms with Gasteiger partial charge in [0.2, 0.25) is 5.88 Å². The topological polar surface area (TPSA) is 43.4 Å². The SMILES string of the molecule is COc1cnc(OC)c(CCNCc2cc(C)cc(Cl)c2)c1.Cl. The summed E-state index contributed by atoms with van der Waals surface area (Å²) in [7, 11) is 3.26. The predicted octanol–water partition coefficient (Wildman–Crippen LogP) is 3.81. The van der Waals surface area contributed by atoms with Gasteiger partial charge in [-0.05, 0) is 49.2 Å². The van der Waals surface area contributed by atoms with Crippen LogP contribution in [-0.2, 0) is 13.0 Å². The van der Waals surface area contributed by atoms with Gasteiger partial charge in [-0.1, -0.05) is 17.7 Å². The van der Waals surface area contributed by atoms with E-state index >= 15 is 0 Å². The van der Waals surface area contributed by atoms with Gasteiger partial charge in [0.1, 0.15) is 5.75 Å². The molecular formula is C17H22Cl2N2O2. The lowest BCUT2D eigenvalue weighted by molar-refractivity contribution is 0.382. The summed E-state index contributed by atoms with van der Waals surface area (Å²) in [4.78, 5) is 4.24. The molecule has 0 saturated heterocycles. The molecule has 0 spiro atoms. The van der Waals surface area contributed by atoms with E-state index in [0.29, 0.717) is 5.88 Å². The number of aryl methyl sites for hydroxylation is 1. The summed E-state index contributed by atoms with van der Waals surface area (Å²) >= 11 is 6.07. The Labute approximate surface area is 148 Å². The summed E-state index contributed by atoms with van der Waals surface area (Å²) in [5.41, 5.74) is 3.38. The lowest BCUT2D eigenvalue weighted by Crippen LogP contribution is -2.17. The maximum absolute atomic E-state index is 6.07. The number of benzene rings is 1. The van der Waals surface area contributed by atoms with Crippen molar-refractivity contribution < 1.29 is 9.47 Å². The maximum atomic E-state index is 6.07. The molecule has 1 N–H and O–H groups in total. The first-order chi connectivity index (χ1) is 10.6. The van der Waals surface area contributed by atoms with E-state index in [9.17, 15) is 0 Å². The van der Waals surface area contributed by atoms with Crippen LogP contribution in [-0.4, -0.2) is 25.7 Å². The van der Waals surface area contributed by atoms with Crippen LogP contribution in [0.25, 0.3) is 0 Å². The molecule has 0 aliphatic rings. The smallest absolute Gasteiger partial charge is 0.216 e. The van der Waals surface area contributed by atoms with E-state index in [4.69, 9.17) is 21.1 Å². The van der Waals surface area contributed by atoms with Gasteiger partial charge in [-0.3, -0.25) is 0 Å². The van der Waals surface area contributed by atoms with Crippen molar-refractivity contribution in [3.8, 4) is 11.6 Å². The third kappa shape index (κ3) is 5.90. The summed E-state index contributed by atoms with van der Waals surface area (Å²) in [5, 5.41) is 4.18. The second kappa shape index (κ2) is 9.60. The minimum atomic E-state index is 0. The number of hydrogen-bond donors (Lipinski definition) is 1. The van der Waals surface area contributed by atoms with E-state index in [1.807, 2.05) is 25.1 Å². The summed E-state index contributed by atoms with van der Waals surface area (Å²) in [6.45, 7) is 3.64. The van der Waals surface area contributed by atoms with Crippen LogP contribution in [0, 0.1) is 6.92 Å². The van der Waals surface area contributed by atoms with Crippen LogP contribution in [0.2, 0.25) is 5.02 Å². The highest BCUT2D eigenvalue weighted by atomic mass is 35.5. The van der Waals surface area contributed by atoms with Gasteiger partial charge in [0.15, 0.2) is 0 Å². The molecule has 0 aliphatic carbocycles. The van der Waals surface area contributed by atoms with Crippen molar-refractivity contribution in [2.75, 3.05) is 20.8 Å². The van der Waals surface area contributed by atoms with Gasteiger partial charge < -0.3 is 14.8 Å². The lowest BCUT2D eigenvalue weighted by Gasteiger charge is -2.10. The Bertz CT molecular complexity index is 616. The number of methoxy groups -OCH3 is 2. The van der Waals surface area contributed by atoms with E-state index in [1.165, 1.54) is 11.1 Å². The van der Waals surface area contributed by atoms with Gasteiger partial charge in [0.05, 0.1) is 20.4 Å². The minimum Gasteiger partial charge on any atom is -0.495 e. The average molecular weight is 357 g/mol. The molecule has 2 rings (SSSR count). The fourth-order valence-electron chi connectivity index (χ4n) is 2.32. The Morgan fingerprint density at radius 1 is 1.13 bits per heavy atom. The number of nitrogens with one attached hydrogen (secondary N) is 1. The number of pyridine rings is 1. The summed E-state index contributed by atoms with van der Waals surface area (Å²) in [5.74, 6) is 1.38. The molecule has 1 aromatic heterocycles. The van der Waals surface area contributed by atoms with Crippen molar-refractivity contribution in [1.29, 1.82) is 0 Å². The molecule has 0 atom stereocenters. The molecule has 0 aliphatic heterocycles. The van der Waals surface area contributed by atoms with Crippen molar-refractivity contribution in [3.05, 3.63) is 52.2 Å². The first kappa shape index (κ1) is 19.6. The highest BCUT2D eigenvalue weighted by molar-refractivity contribution is 6.30. The van der Waals surface area contributed by atoms with Crippen LogP contribution < -0.4 is 14.8 Å². The van der Waals surface area contributed by atoms with E-state index in [1.54, 1.807) is 20.4 Å². The summed E-state index contributed by atoms with van der Waals surface area (Å²) < 4.78 is 10.5. The average Bonchev–Trinajstić information content (AvgIpc) is 2.50. The zero-order valence-electron chi connectivity index (χ0n) is 13.6. The van der Waals surface area contributed by atoms with Gasteiger partial charge in [0.25, 0.3) is 0 Å². The normalized spacial score (nSPS) is 10.1. The molecule has 1 heterocycles. The number of hydrogen-bond acceptors (Lipinski definition) is 4. The van der Waals surface area contributed by atoms with Gasteiger partial charge in [0, 0.05) is 17.1 Å². The third-order valence-electron chi connectivity index (χ3n) is 3.33. The highest BCUT2D eigenvalue weighted by Gasteiger charge is 2.06. The zero-order valence-corrected chi connectivity index (χ0v) is 15.1. The Balaban J connectivity index is 0.00000264. The molecule has 23 heavy (non-hydrogen) atoms. The first-order valence-electron chi connectivity index (χ1n) is 7.16. The fraction of sp³-hybridized carbons (Fsp3) is 0.353. The van der Waals surface area contributed by atoms with Gasteiger partial charge in [-0.15, -0.1) is 12.4 Å². The molecule has 0 unspecified atom stereocenters. The lowest BCUT2D eigenvalue weighted by atomic mass is 10.1. The number of rotatable bonds is 7. The molecule has 0 saturated carbocycles. The van der Waals surface area contributed by atoms with Crippen LogP contribution in [0.1, 0.15) is 16.7 Å². The molecule has 0 fully saturated rings. The quantitative estimate of drug-likeness (QED) is 0.766. The second-order valence-electron chi connectivity index (χ2n) is 5.11. The molecule has 6 heteroatoms. The molecule has 0 radical (unpaired) electrons. The second-order valence-corrected chi connectivity index (χ2v) is 5.54. The molecule has 2 aromatic rings. The monoisotopic (exact) mass is 356 g/mol. The first-order valence-corrected chi connectivity index (χ1v) is 7.54. The minimum absolute atomic E-state index is 0. The van der Waals surface area contributed by atoms with Gasteiger partial charge in [-0.2, -0.15) is 0 Å². The Hall–Kier alpha value is -1.49. The molecule has 4 nitrogen and oxygen atoms in total. The largest absolute Gasteiger partial charge is 0.495 e. The molecule has 0 bridgehead atoms. The number of halogens is 2. The van der Waals surface area contributed by atoms with Gasteiger partial charge in [-0.25, -0.2) is 4.98 Å². The van der Waals surface area contributed by atoms with E-state index in [-0.39, 0.29) is 12.4 Å². The van der Waals surface area contributed by atoms with Crippen molar-refractivity contribution >= 4 is 24.0 Å². The van der Waals surface area contributed by atoms with Crippen LogP contribution in [0.15, 0.2) is 30.5 Å². The third-order valence-corrected chi connectivity index (χ3v) is 3.55. The Morgan fingerprint density at radius 2 is 1.91 bits per heavy atom. The summed E-state index contributed by atoms with van der Waals surface area (Å²) in [6, 6.07) is 8.02. The standard InChI is InChI=1S/C17H21ClN2O2.ClH/c1-12-6-13(8-15(18)7-12)10-19-5-4-14-9-16(21-2)11-20-17(14)22-3;/h6-9,11,19H,4-5,10H2,1-3H3;1H. The molecular weight excluding hydrogens is 335 g/mol. The Morgan fingerprint density at radius 3 is 2.57 bits per heavy atom. The molecule has 126 valence electrons. The van der Waals surface area contributed by atoms with E-state index in [0.717, 1.165) is 35.8 Å². The molecule has 0 amide bonds. The molecule has 1 aromatic carbocycles. The van der Waals surface area contributed by atoms with Crippen LogP contribution in [0.3, 0.4) is 0 Å². The number of ether oxygens (including phenoxy) is 2. The van der Waals surface area contributed by atoms with E-state index in [2.05, 4.69) is 16.4 Å². The number of aromatic nitrogens is 1. The van der Waals surface area contributed by atoms with Crippen LogP contribution >= 0.6 is 24.0 Å². The van der Waals surface area contributed by atoms with E-state index < -0.39 is 0 Å². The van der Waals surface area contributed by atoms with Gasteiger partial charge >= 0.3 is 0 Å². The van der Waals surface area contributed by atoms with Crippen molar-refractivity contribution in [1.82, 2.24) is 10.3 Å². The van der Waals surface area contributed by atoms with Crippen molar-refractivity contribution in [2.45, 2.75) is 19.9 Å². The predicted molar refractivity (Wildman–Crippen MR) is 96.2 cm³/mol. The highest BCUT2D eigenvalue weighted by Crippen LogP contribution is 2.21. The maximum Gasteiger partial charge on any atom is 0.216 e. The zero-order chi connectivity index (χ0) is 15.9. The van der Waals surface area contributed by atoms with Crippen LogP contribution in [0.5, 0.6) is 11.6 Å². The Kier molecular flexibility index (Phi) is 8.17. The fourth-order valence-corrected chi connectivity index (χ4v) is 2.63. The van der Waals surface area contributed by atoms with Crippen molar-refractivity contribution in [2.24, 2.45) is 0 Å². The van der Waals surface area contributed by atoms with Crippen LogP contribution in [0.4, 0.5) is 0 Å².